The number of aliphatic carboxylic acids is 1. The molecule has 0 aliphatic heterocycles. The van der Waals surface area contributed by atoms with Crippen LogP contribution in [0.5, 0.6) is 0 Å². The lowest BCUT2D eigenvalue weighted by Crippen LogP contribution is -2.33. The van der Waals surface area contributed by atoms with Crippen molar-refractivity contribution in [3.8, 4) is 0 Å². The smallest absolute Gasteiger partial charge is 0.304 e. The molecule has 1 aromatic carbocycles. The summed E-state index contributed by atoms with van der Waals surface area (Å²) < 4.78 is 0. The molecule has 0 aromatic heterocycles. The molecule has 0 saturated carbocycles. The van der Waals surface area contributed by atoms with E-state index < -0.39 is 5.97 Å². The molecule has 1 amide bonds. The minimum atomic E-state index is -0.810. The van der Waals surface area contributed by atoms with E-state index in [1.165, 1.54) is 11.1 Å². The highest BCUT2D eigenvalue weighted by Crippen LogP contribution is 2.29. The number of benzene rings is 1. The Morgan fingerprint density at radius 2 is 2.00 bits per heavy atom. The Bertz CT molecular complexity index is 530. The van der Waals surface area contributed by atoms with Crippen molar-refractivity contribution in [2.45, 2.75) is 38.1 Å². The molecule has 0 fully saturated rings. The first-order chi connectivity index (χ1) is 10.6. The third-order valence-electron chi connectivity index (χ3n) is 4.13. The van der Waals surface area contributed by atoms with Crippen LogP contribution in [0, 0.1) is 0 Å². The SMILES string of the molecule is CN(CCC(=O)O)CCC(=O)NC1CCCc2ccccc21. The summed E-state index contributed by atoms with van der Waals surface area (Å²) in [5, 5.41) is 11.8. The van der Waals surface area contributed by atoms with Gasteiger partial charge in [-0.05, 0) is 37.4 Å². The van der Waals surface area contributed by atoms with Crippen molar-refractivity contribution < 1.29 is 14.7 Å². The van der Waals surface area contributed by atoms with Crippen LogP contribution in [0.1, 0.15) is 42.9 Å². The number of fused-ring (bicyclic) bond motifs is 1. The van der Waals surface area contributed by atoms with Crippen molar-refractivity contribution in [2.24, 2.45) is 0 Å². The van der Waals surface area contributed by atoms with Crippen molar-refractivity contribution in [3.63, 3.8) is 0 Å². The molecular weight excluding hydrogens is 280 g/mol. The van der Waals surface area contributed by atoms with Gasteiger partial charge in [-0.1, -0.05) is 24.3 Å². The standard InChI is InChI=1S/C17H24N2O3/c1-19(12-10-17(21)22)11-9-16(20)18-15-8-4-6-13-5-2-3-7-14(13)15/h2-3,5,7,15H,4,6,8-12H2,1H3,(H,18,20)(H,21,22). The second kappa shape index (κ2) is 7.94. The Balaban J connectivity index is 1.79. The molecule has 120 valence electrons. The molecule has 2 N–H and O–H groups in total. The van der Waals surface area contributed by atoms with E-state index in [9.17, 15) is 9.59 Å². The zero-order valence-corrected chi connectivity index (χ0v) is 13.0. The normalized spacial score (nSPS) is 17.1. The van der Waals surface area contributed by atoms with Crippen molar-refractivity contribution in [1.29, 1.82) is 0 Å². The van der Waals surface area contributed by atoms with E-state index >= 15 is 0 Å². The van der Waals surface area contributed by atoms with E-state index in [-0.39, 0.29) is 18.4 Å². The highest BCUT2D eigenvalue weighted by Gasteiger charge is 2.21. The number of hydrogen-bond acceptors (Lipinski definition) is 3. The topological polar surface area (TPSA) is 69.6 Å². The molecule has 1 atom stereocenters. The highest BCUT2D eigenvalue weighted by atomic mass is 16.4. The van der Waals surface area contributed by atoms with E-state index in [1.54, 1.807) is 0 Å². The van der Waals surface area contributed by atoms with Gasteiger partial charge < -0.3 is 15.3 Å². The summed E-state index contributed by atoms with van der Waals surface area (Å²) in [6.45, 7) is 1.04. The van der Waals surface area contributed by atoms with Gasteiger partial charge in [-0.2, -0.15) is 0 Å². The second-order valence-electron chi connectivity index (χ2n) is 5.91. The third-order valence-corrected chi connectivity index (χ3v) is 4.13. The van der Waals surface area contributed by atoms with Crippen LogP contribution in [0.4, 0.5) is 0 Å². The number of carbonyl (C=O) groups excluding carboxylic acids is 1. The molecular formula is C17H24N2O3. The van der Waals surface area contributed by atoms with Crippen LogP contribution in [-0.4, -0.2) is 42.0 Å². The van der Waals surface area contributed by atoms with Crippen LogP contribution >= 0.6 is 0 Å². The number of carboxylic acid groups (broad SMARTS) is 1. The molecule has 0 saturated heterocycles. The summed E-state index contributed by atoms with van der Waals surface area (Å²) in [4.78, 5) is 24.5. The van der Waals surface area contributed by atoms with Gasteiger partial charge in [0, 0.05) is 19.5 Å². The Hall–Kier alpha value is -1.88. The molecule has 2 rings (SSSR count). The summed E-state index contributed by atoms with van der Waals surface area (Å²) >= 11 is 0. The Labute approximate surface area is 131 Å². The summed E-state index contributed by atoms with van der Waals surface area (Å²) in [7, 11) is 1.84. The third kappa shape index (κ3) is 4.84. The maximum absolute atomic E-state index is 12.1. The first-order valence-electron chi connectivity index (χ1n) is 7.84. The van der Waals surface area contributed by atoms with Gasteiger partial charge in [-0.15, -0.1) is 0 Å². The second-order valence-corrected chi connectivity index (χ2v) is 5.91. The maximum Gasteiger partial charge on any atom is 0.304 e. The number of carbonyl (C=O) groups is 2. The number of hydrogen-bond donors (Lipinski definition) is 2. The maximum atomic E-state index is 12.1. The average Bonchev–Trinajstić information content (AvgIpc) is 2.51. The molecule has 0 bridgehead atoms. The van der Waals surface area contributed by atoms with Gasteiger partial charge in [0.2, 0.25) is 5.91 Å². The minimum absolute atomic E-state index is 0.0314. The van der Waals surface area contributed by atoms with Crippen molar-refractivity contribution in [2.75, 3.05) is 20.1 Å². The molecule has 0 radical (unpaired) electrons. The summed E-state index contributed by atoms with van der Waals surface area (Å²) in [5.74, 6) is -0.779. The van der Waals surface area contributed by atoms with Crippen LogP contribution in [0.2, 0.25) is 0 Å². The van der Waals surface area contributed by atoms with Crippen LogP contribution in [0.25, 0.3) is 0 Å². The monoisotopic (exact) mass is 304 g/mol. The van der Waals surface area contributed by atoms with Gasteiger partial charge in [0.25, 0.3) is 0 Å². The van der Waals surface area contributed by atoms with Crippen LogP contribution < -0.4 is 5.32 Å². The first-order valence-corrected chi connectivity index (χ1v) is 7.84. The van der Waals surface area contributed by atoms with Crippen molar-refractivity contribution in [3.05, 3.63) is 35.4 Å². The molecule has 1 aliphatic rings. The zero-order chi connectivity index (χ0) is 15.9. The average molecular weight is 304 g/mol. The molecule has 1 aromatic rings. The minimum Gasteiger partial charge on any atom is -0.481 e. The molecule has 22 heavy (non-hydrogen) atoms. The predicted octanol–water partition coefficient (Wildman–Crippen LogP) is 1.98. The van der Waals surface area contributed by atoms with Crippen molar-refractivity contribution in [1.82, 2.24) is 10.2 Å². The number of carboxylic acids is 1. The lowest BCUT2D eigenvalue weighted by Gasteiger charge is -2.26. The molecule has 1 aliphatic carbocycles. The fourth-order valence-corrected chi connectivity index (χ4v) is 2.86. The summed E-state index contributed by atoms with van der Waals surface area (Å²) in [6, 6.07) is 8.40. The Kier molecular flexibility index (Phi) is 5.95. The van der Waals surface area contributed by atoms with Crippen LogP contribution in [0.15, 0.2) is 24.3 Å². The van der Waals surface area contributed by atoms with Gasteiger partial charge >= 0.3 is 5.97 Å². The molecule has 0 spiro atoms. The lowest BCUT2D eigenvalue weighted by atomic mass is 9.87. The van der Waals surface area contributed by atoms with Gasteiger partial charge in [-0.3, -0.25) is 9.59 Å². The predicted molar refractivity (Wildman–Crippen MR) is 84.6 cm³/mol. The number of nitrogens with one attached hydrogen (secondary N) is 1. The van der Waals surface area contributed by atoms with E-state index in [0.717, 1.165) is 19.3 Å². The molecule has 5 nitrogen and oxygen atoms in total. The quantitative estimate of drug-likeness (QED) is 0.808. The van der Waals surface area contributed by atoms with E-state index in [1.807, 2.05) is 24.1 Å². The van der Waals surface area contributed by atoms with Gasteiger partial charge in [0.05, 0.1) is 12.5 Å². The number of nitrogens with zero attached hydrogens (tertiary/aromatic N) is 1. The Morgan fingerprint density at radius 1 is 1.27 bits per heavy atom. The van der Waals surface area contributed by atoms with Crippen LogP contribution in [-0.2, 0) is 16.0 Å². The van der Waals surface area contributed by atoms with Crippen LogP contribution in [0.3, 0.4) is 0 Å². The molecule has 5 heteroatoms. The summed E-state index contributed by atoms with van der Waals surface area (Å²) in [6.07, 6.45) is 3.67. The lowest BCUT2D eigenvalue weighted by molar-refractivity contribution is -0.137. The number of amides is 1. The molecule has 0 heterocycles. The Morgan fingerprint density at radius 3 is 2.77 bits per heavy atom. The van der Waals surface area contributed by atoms with Crippen molar-refractivity contribution >= 4 is 11.9 Å². The summed E-state index contributed by atoms with van der Waals surface area (Å²) in [5.41, 5.74) is 2.57. The fourth-order valence-electron chi connectivity index (χ4n) is 2.86. The molecule has 1 unspecified atom stereocenters. The largest absolute Gasteiger partial charge is 0.481 e. The van der Waals surface area contributed by atoms with Gasteiger partial charge in [0.1, 0.15) is 0 Å². The van der Waals surface area contributed by atoms with Gasteiger partial charge in [-0.25, -0.2) is 0 Å². The number of aryl methyl sites for hydroxylation is 1. The number of rotatable bonds is 7. The van der Waals surface area contributed by atoms with E-state index in [2.05, 4.69) is 17.4 Å². The van der Waals surface area contributed by atoms with Gasteiger partial charge in [0.15, 0.2) is 0 Å². The zero-order valence-electron chi connectivity index (χ0n) is 13.0. The first kappa shape index (κ1) is 16.5. The highest BCUT2D eigenvalue weighted by molar-refractivity contribution is 5.76. The van der Waals surface area contributed by atoms with E-state index in [4.69, 9.17) is 5.11 Å². The van der Waals surface area contributed by atoms with E-state index in [0.29, 0.717) is 19.5 Å². The fraction of sp³-hybridized carbons (Fsp3) is 0.529.